The predicted octanol–water partition coefficient (Wildman–Crippen LogP) is 0.500. The molecule has 1 unspecified atom stereocenters. The molecule has 0 aromatic carbocycles. The molecule has 0 spiro atoms. The molecule has 4 heterocycles. The Hall–Kier alpha value is -3.54. The minimum Gasteiger partial charge on any atom is -0.383 e. The van der Waals surface area contributed by atoms with E-state index >= 15 is 0 Å². The van der Waals surface area contributed by atoms with Gasteiger partial charge in [-0.3, -0.25) is 14.3 Å². The number of carbonyl (C=O) groups excluding carboxylic acids is 2. The average molecular weight is 442 g/mol. The van der Waals surface area contributed by atoms with Crippen LogP contribution in [0.2, 0.25) is 0 Å². The van der Waals surface area contributed by atoms with Crippen molar-refractivity contribution in [2.75, 3.05) is 26.8 Å². The fourth-order valence-corrected chi connectivity index (χ4v) is 3.80. The van der Waals surface area contributed by atoms with E-state index in [0.717, 1.165) is 18.4 Å². The number of nitrogens with one attached hydrogen (secondary N) is 1. The first-order valence-corrected chi connectivity index (χ1v) is 10.5. The summed E-state index contributed by atoms with van der Waals surface area (Å²) in [6.07, 6.45) is 6.80. The molecule has 1 aliphatic heterocycles. The van der Waals surface area contributed by atoms with Crippen LogP contribution in [0, 0.1) is 6.92 Å². The monoisotopic (exact) mass is 442 g/mol. The molecule has 1 fully saturated rings. The first-order valence-electron chi connectivity index (χ1n) is 10.5. The zero-order chi connectivity index (χ0) is 22.5. The topological polar surface area (TPSA) is 133 Å². The molecule has 1 aliphatic rings. The summed E-state index contributed by atoms with van der Waals surface area (Å²) in [5, 5.41) is 19.0. The quantitative estimate of drug-likeness (QED) is 0.474. The standard InChI is InChI=1S/C20H26N8O4/c1-14-16(12-26-8-4-6-22-26)18(24-32-14)20(30)28-9-3-5-15(28)11-27-13-17(23-25-27)19(29)21-7-10-31-2/h4,6,8,13,15H,3,5,7,9-12H2,1-2H3,(H,21,29). The number of carbonyl (C=O) groups is 2. The number of rotatable bonds is 9. The van der Waals surface area contributed by atoms with Gasteiger partial charge in [-0.1, -0.05) is 10.4 Å². The lowest BCUT2D eigenvalue weighted by atomic mass is 10.1. The molecule has 12 heteroatoms. The third-order valence-electron chi connectivity index (χ3n) is 5.47. The molecule has 1 atom stereocenters. The fraction of sp³-hybridized carbons (Fsp3) is 0.500. The van der Waals surface area contributed by atoms with Crippen LogP contribution in [0.3, 0.4) is 0 Å². The molecule has 3 aromatic rings. The van der Waals surface area contributed by atoms with Gasteiger partial charge in [0.05, 0.1) is 31.9 Å². The molecule has 3 aromatic heterocycles. The van der Waals surface area contributed by atoms with Crippen molar-refractivity contribution in [1.82, 2.24) is 40.1 Å². The van der Waals surface area contributed by atoms with Crippen LogP contribution in [0.5, 0.6) is 0 Å². The molecule has 1 N–H and O–H groups in total. The highest BCUT2D eigenvalue weighted by Crippen LogP contribution is 2.24. The van der Waals surface area contributed by atoms with E-state index in [1.807, 2.05) is 12.3 Å². The predicted molar refractivity (Wildman–Crippen MR) is 111 cm³/mol. The van der Waals surface area contributed by atoms with Gasteiger partial charge in [-0.2, -0.15) is 5.10 Å². The summed E-state index contributed by atoms with van der Waals surface area (Å²) in [5.74, 6) is 0.109. The first kappa shape index (κ1) is 21.7. The summed E-state index contributed by atoms with van der Waals surface area (Å²) in [5.41, 5.74) is 1.26. The minimum atomic E-state index is -0.311. The van der Waals surface area contributed by atoms with Crippen molar-refractivity contribution in [2.45, 2.75) is 38.9 Å². The van der Waals surface area contributed by atoms with Gasteiger partial charge in [0.25, 0.3) is 11.8 Å². The lowest BCUT2D eigenvalue weighted by Gasteiger charge is -2.24. The fourth-order valence-electron chi connectivity index (χ4n) is 3.80. The molecule has 12 nitrogen and oxygen atoms in total. The maximum absolute atomic E-state index is 13.3. The molecule has 2 amide bonds. The Balaban J connectivity index is 1.43. The van der Waals surface area contributed by atoms with Crippen LogP contribution in [0.1, 0.15) is 45.1 Å². The van der Waals surface area contributed by atoms with E-state index in [1.165, 1.54) is 0 Å². The highest BCUT2D eigenvalue weighted by molar-refractivity contribution is 5.94. The maximum atomic E-state index is 13.3. The van der Waals surface area contributed by atoms with Crippen LogP contribution >= 0.6 is 0 Å². The highest BCUT2D eigenvalue weighted by atomic mass is 16.5. The van der Waals surface area contributed by atoms with Crippen LogP contribution in [0.25, 0.3) is 0 Å². The van der Waals surface area contributed by atoms with Crippen LogP contribution in [-0.2, 0) is 17.8 Å². The number of amides is 2. The van der Waals surface area contributed by atoms with Gasteiger partial charge >= 0.3 is 0 Å². The molecular weight excluding hydrogens is 416 g/mol. The van der Waals surface area contributed by atoms with Crippen molar-refractivity contribution in [2.24, 2.45) is 0 Å². The Morgan fingerprint density at radius 2 is 2.22 bits per heavy atom. The summed E-state index contributed by atoms with van der Waals surface area (Å²) in [6, 6.07) is 1.74. The van der Waals surface area contributed by atoms with Gasteiger partial charge in [-0.25, -0.2) is 4.68 Å². The Kier molecular flexibility index (Phi) is 6.59. The number of aryl methyl sites for hydroxylation is 1. The second kappa shape index (κ2) is 9.73. The maximum Gasteiger partial charge on any atom is 0.276 e. The molecular formula is C20H26N8O4. The third-order valence-corrected chi connectivity index (χ3v) is 5.47. The van der Waals surface area contributed by atoms with E-state index in [4.69, 9.17) is 9.26 Å². The van der Waals surface area contributed by atoms with Gasteiger partial charge < -0.3 is 19.5 Å². The SMILES string of the molecule is COCCNC(=O)c1cn(CC2CCCN2C(=O)c2noc(C)c2Cn2cccn2)nn1. The highest BCUT2D eigenvalue weighted by Gasteiger charge is 2.33. The van der Waals surface area contributed by atoms with Gasteiger partial charge in [0, 0.05) is 38.2 Å². The van der Waals surface area contributed by atoms with E-state index in [9.17, 15) is 9.59 Å². The van der Waals surface area contributed by atoms with E-state index in [1.54, 1.807) is 40.7 Å². The zero-order valence-corrected chi connectivity index (χ0v) is 18.1. The van der Waals surface area contributed by atoms with Crippen molar-refractivity contribution in [3.63, 3.8) is 0 Å². The van der Waals surface area contributed by atoms with Gasteiger partial charge in [0.1, 0.15) is 5.76 Å². The van der Waals surface area contributed by atoms with E-state index in [0.29, 0.717) is 44.2 Å². The Morgan fingerprint density at radius 3 is 3.00 bits per heavy atom. The molecule has 4 rings (SSSR count). The lowest BCUT2D eigenvalue weighted by molar-refractivity contribution is 0.0709. The molecule has 0 saturated carbocycles. The summed E-state index contributed by atoms with van der Waals surface area (Å²) in [4.78, 5) is 27.2. The van der Waals surface area contributed by atoms with E-state index < -0.39 is 0 Å². The summed E-state index contributed by atoms with van der Waals surface area (Å²) in [6.45, 7) is 4.07. The van der Waals surface area contributed by atoms with E-state index in [2.05, 4.69) is 25.9 Å². The first-order chi connectivity index (χ1) is 15.6. The van der Waals surface area contributed by atoms with Crippen LogP contribution in [0.4, 0.5) is 0 Å². The number of methoxy groups -OCH3 is 1. The second-order valence-corrected chi connectivity index (χ2v) is 7.64. The number of hydrogen-bond donors (Lipinski definition) is 1. The van der Waals surface area contributed by atoms with Crippen LogP contribution in [0.15, 0.2) is 29.2 Å². The lowest BCUT2D eigenvalue weighted by Crippen LogP contribution is -2.39. The number of hydrogen-bond acceptors (Lipinski definition) is 8. The van der Waals surface area contributed by atoms with E-state index in [-0.39, 0.29) is 23.6 Å². The molecule has 0 aliphatic carbocycles. The third kappa shape index (κ3) is 4.69. The minimum absolute atomic E-state index is 0.0804. The van der Waals surface area contributed by atoms with Crippen LogP contribution < -0.4 is 5.32 Å². The van der Waals surface area contributed by atoms with Gasteiger partial charge in [0.15, 0.2) is 11.4 Å². The molecule has 32 heavy (non-hydrogen) atoms. The van der Waals surface area contributed by atoms with Crippen molar-refractivity contribution in [3.05, 3.63) is 47.4 Å². The van der Waals surface area contributed by atoms with Gasteiger partial charge in [0.2, 0.25) is 0 Å². The number of ether oxygens (including phenoxy) is 1. The number of aromatic nitrogens is 6. The Bertz CT molecular complexity index is 1060. The summed E-state index contributed by atoms with van der Waals surface area (Å²) >= 11 is 0. The van der Waals surface area contributed by atoms with Crippen molar-refractivity contribution >= 4 is 11.8 Å². The summed E-state index contributed by atoms with van der Waals surface area (Å²) < 4.78 is 13.6. The second-order valence-electron chi connectivity index (χ2n) is 7.64. The molecule has 0 radical (unpaired) electrons. The van der Waals surface area contributed by atoms with Gasteiger partial charge in [-0.15, -0.1) is 5.10 Å². The molecule has 170 valence electrons. The number of likely N-dealkylation sites (tertiary alicyclic amines) is 1. The number of nitrogens with zero attached hydrogens (tertiary/aromatic N) is 7. The largest absolute Gasteiger partial charge is 0.383 e. The van der Waals surface area contributed by atoms with Gasteiger partial charge in [-0.05, 0) is 25.8 Å². The Labute approximate surface area is 184 Å². The smallest absolute Gasteiger partial charge is 0.276 e. The van der Waals surface area contributed by atoms with Crippen molar-refractivity contribution in [1.29, 1.82) is 0 Å². The zero-order valence-electron chi connectivity index (χ0n) is 18.1. The average Bonchev–Trinajstić information content (AvgIpc) is 3.58. The van der Waals surface area contributed by atoms with Crippen molar-refractivity contribution in [3.8, 4) is 0 Å². The normalized spacial score (nSPS) is 15.9. The molecule has 1 saturated heterocycles. The summed E-state index contributed by atoms with van der Waals surface area (Å²) in [7, 11) is 1.57. The Morgan fingerprint density at radius 1 is 1.34 bits per heavy atom. The van der Waals surface area contributed by atoms with Crippen molar-refractivity contribution < 1.29 is 18.8 Å². The van der Waals surface area contributed by atoms with Crippen LogP contribution in [-0.4, -0.2) is 79.5 Å². The molecule has 0 bridgehead atoms.